The van der Waals surface area contributed by atoms with Crippen LogP contribution in [0.4, 0.5) is 0 Å². The second-order valence-corrected chi connectivity index (χ2v) is 3.90. The molecule has 0 saturated heterocycles. The van der Waals surface area contributed by atoms with Gasteiger partial charge in [0, 0.05) is 5.70 Å². The standard InChI is InChI=1S/C10H19N/c1-8(2)9-4-3-5-10(11)7-6-9/h5,8-9H,3-4,6-7,11H2,1-2H3. The van der Waals surface area contributed by atoms with Crippen molar-refractivity contribution in [2.24, 2.45) is 17.6 Å². The number of rotatable bonds is 1. The fourth-order valence-electron chi connectivity index (χ4n) is 1.75. The first kappa shape index (κ1) is 8.63. The molecule has 1 unspecified atom stereocenters. The Kier molecular flexibility index (Phi) is 2.98. The summed E-state index contributed by atoms with van der Waals surface area (Å²) in [5.41, 5.74) is 6.86. The minimum Gasteiger partial charge on any atom is -0.402 e. The molecule has 0 bridgehead atoms. The lowest BCUT2D eigenvalue weighted by Crippen LogP contribution is -2.07. The van der Waals surface area contributed by atoms with Crippen molar-refractivity contribution in [2.45, 2.75) is 39.5 Å². The summed E-state index contributed by atoms with van der Waals surface area (Å²) in [6, 6.07) is 0. The summed E-state index contributed by atoms with van der Waals surface area (Å²) >= 11 is 0. The smallest absolute Gasteiger partial charge is 0.00400 e. The summed E-state index contributed by atoms with van der Waals surface area (Å²) in [7, 11) is 0. The van der Waals surface area contributed by atoms with E-state index in [4.69, 9.17) is 5.73 Å². The Bertz CT molecular complexity index is 147. The van der Waals surface area contributed by atoms with Crippen LogP contribution in [-0.2, 0) is 0 Å². The summed E-state index contributed by atoms with van der Waals surface area (Å²) < 4.78 is 0. The van der Waals surface area contributed by atoms with Crippen LogP contribution < -0.4 is 5.73 Å². The lowest BCUT2D eigenvalue weighted by molar-refractivity contribution is 0.345. The van der Waals surface area contributed by atoms with E-state index < -0.39 is 0 Å². The maximum absolute atomic E-state index is 5.76. The van der Waals surface area contributed by atoms with Crippen LogP contribution in [0.1, 0.15) is 39.5 Å². The van der Waals surface area contributed by atoms with Crippen molar-refractivity contribution in [1.29, 1.82) is 0 Å². The number of hydrogen-bond acceptors (Lipinski definition) is 1. The van der Waals surface area contributed by atoms with Gasteiger partial charge in [-0.15, -0.1) is 0 Å². The van der Waals surface area contributed by atoms with E-state index in [-0.39, 0.29) is 0 Å². The van der Waals surface area contributed by atoms with Gasteiger partial charge in [-0.3, -0.25) is 0 Å². The van der Waals surface area contributed by atoms with Gasteiger partial charge in [-0.2, -0.15) is 0 Å². The van der Waals surface area contributed by atoms with Crippen LogP contribution in [0, 0.1) is 11.8 Å². The third-order valence-electron chi connectivity index (χ3n) is 2.69. The topological polar surface area (TPSA) is 26.0 Å². The minimum atomic E-state index is 0.828. The first-order valence-corrected chi connectivity index (χ1v) is 4.64. The van der Waals surface area contributed by atoms with Crippen molar-refractivity contribution in [3.05, 3.63) is 11.8 Å². The van der Waals surface area contributed by atoms with Crippen molar-refractivity contribution in [1.82, 2.24) is 0 Å². The molecule has 0 aromatic rings. The van der Waals surface area contributed by atoms with Gasteiger partial charge in [0.1, 0.15) is 0 Å². The van der Waals surface area contributed by atoms with Crippen LogP contribution >= 0.6 is 0 Å². The van der Waals surface area contributed by atoms with Crippen LogP contribution in [0.25, 0.3) is 0 Å². The predicted octanol–water partition coefficient (Wildman–Crippen LogP) is 2.68. The Labute approximate surface area is 69.7 Å². The molecule has 0 heterocycles. The molecule has 1 atom stereocenters. The molecule has 2 N–H and O–H groups in total. The van der Waals surface area contributed by atoms with Crippen LogP contribution in [0.2, 0.25) is 0 Å². The fraction of sp³-hybridized carbons (Fsp3) is 0.800. The Balaban J connectivity index is 2.41. The molecule has 1 nitrogen and oxygen atoms in total. The molecular formula is C10H19N. The molecule has 1 aliphatic carbocycles. The monoisotopic (exact) mass is 153 g/mol. The summed E-state index contributed by atoms with van der Waals surface area (Å²) in [4.78, 5) is 0. The zero-order valence-corrected chi connectivity index (χ0v) is 7.64. The Morgan fingerprint density at radius 3 is 2.82 bits per heavy atom. The van der Waals surface area contributed by atoms with Crippen LogP contribution in [0.15, 0.2) is 11.8 Å². The predicted molar refractivity (Wildman–Crippen MR) is 49.1 cm³/mol. The number of hydrogen-bond donors (Lipinski definition) is 1. The molecule has 1 rings (SSSR count). The molecule has 64 valence electrons. The summed E-state index contributed by atoms with van der Waals surface area (Å²) in [5, 5.41) is 0. The maximum Gasteiger partial charge on any atom is 0.00400 e. The minimum absolute atomic E-state index is 0.828. The first-order valence-electron chi connectivity index (χ1n) is 4.64. The molecule has 0 aliphatic heterocycles. The summed E-state index contributed by atoms with van der Waals surface area (Å²) in [5.74, 6) is 1.72. The average molecular weight is 153 g/mol. The van der Waals surface area contributed by atoms with E-state index in [9.17, 15) is 0 Å². The molecule has 11 heavy (non-hydrogen) atoms. The van der Waals surface area contributed by atoms with Crippen molar-refractivity contribution in [2.75, 3.05) is 0 Å². The van der Waals surface area contributed by atoms with Gasteiger partial charge in [0.15, 0.2) is 0 Å². The highest BCUT2D eigenvalue weighted by Gasteiger charge is 2.14. The van der Waals surface area contributed by atoms with E-state index in [1.54, 1.807) is 0 Å². The van der Waals surface area contributed by atoms with Gasteiger partial charge in [-0.05, 0) is 37.5 Å². The van der Waals surface area contributed by atoms with Gasteiger partial charge in [0.05, 0.1) is 0 Å². The van der Waals surface area contributed by atoms with E-state index in [2.05, 4.69) is 19.9 Å². The zero-order valence-electron chi connectivity index (χ0n) is 7.64. The van der Waals surface area contributed by atoms with Crippen molar-refractivity contribution >= 4 is 0 Å². The van der Waals surface area contributed by atoms with Gasteiger partial charge in [-0.25, -0.2) is 0 Å². The molecule has 1 heteroatoms. The Morgan fingerprint density at radius 2 is 2.18 bits per heavy atom. The molecule has 0 aromatic carbocycles. The highest BCUT2D eigenvalue weighted by Crippen LogP contribution is 2.26. The quantitative estimate of drug-likeness (QED) is 0.615. The van der Waals surface area contributed by atoms with Gasteiger partial charge < -0.3 is 5.73 Å². The lowest BCUT2D eigenvalue weighted by atomic mass is 9.89. The molecule has 0 saturated carbocycles. The molecule has 1 aliphatic rings. The largest absolute Gasteiger partial charge is 0.402 e. The second kappa shape index (κ2) is 3.80. The second-order valence-electron chi connectivity index (χ2n) is 3.90. The van der Waals surface area contributed by atoms with Crippen molar-refractivity contribution in [3.63, 3.8) is 0 Å². The highest BCUT2D eigenvalue weighted by atomic mass is 14.6. The first-order chi connectivity index (χ1) is 5.20. The van der Waals surface area contributed by atoms with Gasteiger partial charge >= 0.3 is 0 Å². The van der Waals surface area contributed by atoms with E-state index in [0.29, 0.717) is 0 Å². The Morgan fingerprint density at radius 1 is 1.45 bits per heavy atom. The number of allylic oxidation sites excluding steroid dienone is 2. The maximum atomic E-state index is 5.76. The van der Waals surface area contributed by atoms with E-state index in [1.165, 1.54) is 19.3 Å². The highest BCUT2D eigenvalue weighted by molar-refractivity contribution is 4.99. The fourth-order valence-corrected chi connectivity index (χ4v) is 1.75. The average Bonchev–Trinajstić information content (AvgIpc) is 2.13. The lowest BCUT2D eigenvalue weighted by Gasteiger charge is -2.17. The van der Waals surface area contributed by atoms with Crippen LogP contribution in [0.5, 0.6) is 0 Å². The SMILES string of the molecule is CC(C)C1CCC=C(N)CC1. The zero-order chi connectivity index (χ0) is 8.27. The summed E-state index contributed by atoms with van der Waals surface area (Å²) in [6.45, 7) is 4.62. The molecule has 0 radical (unpaired) electrons. The van der Waals surface area contributed by atoms with Gasteiger partial charge in [0.25, 0.3) is 0 Å². The molecule has 0 amide bonds. The molecule has 0 spiro atoms. The normalized spacial score (nSPS) is 26.5. The van der Waals surface area contributed by atoms with E-state index in [0.717, 1.165) is 24.0 Å². The van der Waals surface area contributed by atoms with Crippen LogP contribution in [0.3, 0.4) is 0 Å². The third-order valence-corrected chi connectivity index (χ3v) is 2.69. The third kappa shape index (κ3) is 2.57. The van der Waals surface area contributed by atoms with Crippen molar-refractivity contribution < 1.29 is 0 Å². The Hall–Kier alpha value is -0.460. The van der Waals surface area contributed by atoms with Gasteiger partial charge in [0.2, 0.25) is 0 Å². The van der Waals surface area contributed by atoms with Gasteiger partial charge in [-0.1, -0.05) is 19.9 Å². The van der Waals surface area contributed by atoms with Crippen molar-refractivity contribution in [3.8, 4) is 0 Å². The summed E-state index contributed by atoms with van der Waals surface area (Å²) in [6.07, 6.45) is 7.12. The molecular weight excluding hydrogens is 134 g/mol. The van der Waals surface area contributed by atoms with Crippen LogP contribution in [-0.4, -0.2) is 0 Å². The molecule has 0 fully saturated rings. The van der Waals surface area contributed by atoms with E-state index >= 15 is 0 Å². The number of nitrogens with two attached hydrogens (primary N) is 1. The molecule has 0 aromatic heterocycles. The van der Waals surface area contributed by atoms with E-state index in [1.807, 2.05) is 0 Å².